The minimum atomic E-state index is 0.0248. The first-order valence-corrected chi connectivity index (χ1v) is 8.24. The lowest BCUT2D eigenvalue weighted by Gasteiger charge is -2.36. The van der Waals surface area contributed by atoms with E-state index < -0.39 is 0 Å². The number of hydrogen-bond acceptors (Lipinski definition) is 2. The van der Waals surface area contributed by atoms with Crippen molar-refractivity contribution in [3.63, 3.8) is 0 Å². The van der Waals surface area contributed by atoms with E-state index in [9.17, 15) is 4.79 Å². The molecule has 0 aliphatic carbocycles. The van der Waals surface area contributed by atoms with Crippen molar-refractivity contribution in [2.75, 3.05) is 11.9 Å². The van der Waals surface area contributed by atoms with Crippen LogP contribution in [-0.2, 0) is 4.79 Å². The minimum Gasteiger partial charge on any atom is -0.382 e. The number of anilines is 1. The lowest BCUT2D eigenvalue weighted by molar-refractivity contribution is -0.134. The highest BCUT2D eigenvalue weighted by Gasteiger charge is 2.37. The van der Waals surface area contributed by atoms with Gasteiger partial charge in [-0.25, -0.2) is 0 Å². The first-order valence-electron chi connectivity index (χ1n) is 8.24. The summed E-state index contributed by atoms with van der Waals surface area (Å²) in [5.74, 6) is 0.912. The summed E-state index contributed by atoms with van der Waals surface area (Å²) in [5, 5.41) is 3.50. The second-order valence-corrected chi connectivity index (χ2v) is 6.91. The van der Waals surface area contributed by atoms with Gasteiger partial charge < -0.3 is 10.2 Å². The summed E-state index contributed by atoms with van der Waals surface area (Å²) in [6, 6.07) is 9.06. The molecule has 0 saturated carbocycles. The third-order valence-electron chi connectivity index (χ3n) is 4.98. The second kappa shape index (κ2) is 5.70. The molecule has 3 unspecified atom stereocenters. The molecule has 0 spiro atoms. The molecule has 0 bridgehead atoms. The fourth-order valence-electron chi connectivity index (χ4n) is 3.93. The van der Waals surface area contributed by atoms with Crippen LogP contribution in [0, 0.1) is 5.92 Å². The van der Waals surface area contributed by atoms with E-state index in [0.29, 0.717) is 23.9 Å². The van der Waals surface area contributed by atoms with Crippen LogP contribution in [-0.4, -0.2) is 29.4 Å². The number of likely N-dealkylation sites (tertiary alicyclic amines) is 1. The molecule has 0 radical (unpaired) electrons. The van der Waals surface area contributed by atoms with Gasteiger partial charge in [-0.05, 0) is 43.7 Å². The second-order valence-electron chi connectivity index (χ2n) is 6.91. The number of hydrogen-bond donors (Lipinski definition) is 1. The van der Waals surface area contributed by atoms with Crippen molar-refractivity contribution in [1.29, 1.82) is 0 Å². The molecule has 2 aliphatic rings. The predicted octanol–water partition coefficient (Wildman–Crippen LogP) is 3.62. The number of nitrogens with one attached hydrogen (secondary N) is 1. The number of benzene rings is 1. The van der Waals surface area contributed by atoms with Crippen LogP contribution in [0.2, 0.25) is 0 Å². The maximum atomic E-state index is 13.1. The Labute approximate surface area is 127 Å². The van der Waals surface area contributed by atoms with Crippen LogP contribution >= 0.6 is 0 Å². The first kappa shape index (κ1) is 14.4. The fourth-order valence-corrected chi connectivity index (χ4v) is 3.93. The maximum absolute atomic E-state index is 13.1. The predicted molar refractivity (Wildman–Crippen MR) is 86.5 cm³/mol. The van der Waals surface area contributed by atoms with Crippen LogP contribution in [0.5, 0.6) is 0 Å². The van der Waals surface area contributed by atoms with E-state index in [0.717, 1.165) is 31.5 Å². The van der Waals surface area contributed by atoms with Crippen molar-refractivity contribution in [2.24, 2.45) is 5.92 Å². The van der Waals surface area contributed by atoms with Crippen LogP contribution in [0.1, 0.15) is 51.5 Å². The molecule has 1 aromatic carbocycles. The number of para-hydroxylation sites is 1. The number of nitrogens with zero attached hydrogens (tertiary/aromatic N) is 1. The molecule has 3 heteroatoms. The zero-order valence-corrected chi connectivity index (χ0v) is 13.3. The minimum absolute atomic E-state index is 0.0248. The molecular formula is C18H26N2O. The highest BCUT2D eigenvalue weighted by atomic mass is 16.2. The van der Waals surface area contributed by atoms with Crippen molar-refractivity contribution in [2.45, 2.75) is 58.0 Å². The smallest absolute Gasteiger partial charge is 0.230 e. The van der Waals surface area contributed by atoms with Crippen LogP contribution in [0.15, 0.2) is 24.3 Å². The number of amides is 1. The first-order chi connectivity index (χ1) is 10.1. The van der Waals surface area contributed by atoms with E-state index in [1.165, 1.54) is 5.56 Å². The maximum Gasteiger partial charge on any atom is 0.230 e. The molecule has 21 heavy (non-hydrogen) atoms. The van der Waals surface area contributed by atoms with Crippen LogP contribution in [0.3, 0.4) is 0 Å². The van der Waals surface area contributed by atoms with Gasteiger partial charge in [-0.1, -0.05) is 32.0 Å². The van der Waals surface area contributed by atoms with Gasteiger partial charge in [-0.15, -0.1) is 0 Å². The molecule has 1 fully saturated rings. The average molecular weight is 286 g/mol. The quantitative estimate of drug-likeness (QED) is 0.900. The van der Waals surface area contributed by atoms with Gasteiger partial charge in [0.05, 0.1) is 5.92 Å². The normalized spacial score (nSPS) is 28.4. The summed E-state index contributed by atoms with van der Waals surface area (Å²) in [6.45, 7) is 7.56. The Kier molecular flexibility index (Phi) is 3.92. The Morgan fingerprint density at radius 3 is 2.86 bits per heavy atom. The summed E-state index contributed by atoms with van der Waals surface area (Å²) in [5.41, 5.74) is 2.31. The average Bonchev–Trinajstić information content (AvgIpc) is 2.95. The lowest BCUT2D eigenvalue weighted by Crippen LogP contribution is -2.43. The van der Waals surface area contributed by atoms with Crippen molar-refractivity contribution < 1.29 is 4.79 Å². The van der Waals surface area contributed by atoms with Gasteiger partial charge in [0, 0.05) is 24.3 Å². The topological polar surface area (TPSA) is 32.3 Å². The lowest BCUT2D eigenvalue weighted by atomic mass is 9.86. The summed E-state index contributed by atoms with van der Waals surface area (Å²) in [6.07, 6.45) is 3.21. The molecule has 1 aromatic rings. The van der Waals surface area contributed by atoms with Crippen LogP contribution in [0.4, 0.5) is 5.69 Å². The Balaban J connectivity index is 1.88. The van der Waals surface area contributed by atoms with Crippen molar-refractivity contribution >= 4 is 11.6 Å². The van der Waals surface area contributed by atoms with Crippen LogP contribution < -0.4 is 5.32 Å². The fraction of sp³-hybridized carbons (Fsp3) is 0.611. The number of rotatable bonds is 2. The SMILES string of the molecule is CC1CC(C(=O)N2CCCC2C(C)C)c2ccccc2N1. The Bertz CT molecular complexity index is 526. The third-order valence-corrected chi connectivity index (χ3v) is 4.98. The molecule has 3 atom stereocenters. The van der Waals surface area contributed by atoms with E-state index in [1.807, 2.05) is 12.1 Å². The summed E-state index contributed by atoms with van der Waals surface area (Å²) in [7, 11) is 0. The zero-order valence-electron chi connectivity index (χ0n) is 13.3. The van der Waals surface area contributed by atoms with Gasteiger partial charge in [-0.2, -0.15) is 0 Å². The summed E-state index contributed by atoms with van der Waals surface area (Å²) >= 11 is 0. The summed E-state index contributed by atoms with van der Waals surface area (Å²) < 4.78 is 0. The number of carbonyl (C=O) groups is 1. The molecule has 0 aromatic heterocycles. The van der Waals surface area contributed by atoms with Gasteiger partial charge in [0.1, 0.15) is 0 Å². The third kappa shape index (κ3) is 2.66. The van der Waals surface area contributed by atoms with Gasteiger partial charge in [-0.3, -0.25) is 4.79 Å². The number of fused-ring (bicyclic) bond motifs is 1. The molecule has 3 rings (SSSR count). The van der Waals surface area contributed by atoms with E-state index in [4.69, 9.17) is 0 Å². The number of carbonyl (C=O) groups excluding carboxylic acids is 1. The highest BCUT2D eigenvalue weighted by molar-refractivity contribution is 5.87. The van der Waals surface area contributed by atoms with Crippen molar-refractivity contribution in [1.82, 2.24) is 4.90 Å². The van der Waals surface area contributed by atoms with E-state index >= 15 is 0 Å². The van der Waals surface area contributed by atoms with E-state index in [-0.39, 0.29) is 5.92 Å². The molecular weight excluding hydrogens is 260 g/mol. The molecule has 1 saturated heterocycles. The molecule has 2 heterocycles. The Morgan fingerprint density at radius 2 is 2.10 bits per heavy atom. The Morgan fingerprint density at radius 1 is 1.33 bits per heavy atom. The largest absolute Gasteiger partial charge is 0.382 e. The van der Waals surface area contributed by atoms with Crippen molar-refractivity contribution in [3.8, 4) is 0 Å². The molecule has 2 aliphatic heterocycles. The molecule has 1 amide bonds. The van der Waals surface area contributed by atoms with Gasteiger partial charge in [0.25, 0.3) is 0 Å². The Hall–Kier alpha value is -1.51. The van der Waals surface area contributed by atoms with Gasteiger partial charge >= 0.3 is 0 Å². The van der Waals surface area contributed by atoms with Crippen molar-refractivity contribution in [3.05, 3.63) is 29.8 Å². The molecule has 1 N–H and O–H groups in total. The van der Waals surface area contributed by atoms with E-state index in [1.54, 1.807) is 0 Å². The van der Waals surface area contributed by atoms with Gasteiger partial charge in [0.2, 0.25) is 5.91 Å². The molecule has 114 valence electrons. The monoisotopic (exact) mass is 286 g/mol. The highest BCUT2D eigenvalue weighted by Crippen LogP contribution is 2.37. The van der Waals surface area contributed by atoms with Gasteiger partial charge in [0.15, 0.2) is 0 Å². The standard InChI is InChI=1S/C18H26N2O/c1-12(2)17-9-6-10-20(17)18(21)15-11-13(3)19-16-8-5-4-7-14(15)16/h4-5,7-8,12-13,15,17,19H,6,9-11H2,1-3H3. The van der Waals surface area contributed by atoms with Crippen LogP contribution in [0.25, 0.3) is 0 Å². The van der Waals surface area contributed by atoms with E-state index in [2.05, 4.69) is 43.1 Å². The summed E-state index contributed by atoms with van der Waals surface area (Å²) in [4.78, 5) is 15.3. The molecule has 3 nitrogen and oxygen atoms in total. The zero-order chi connectivity index (χ0) is 15.0.